The number of nitrogens with two attached hydrogens (primary N) is 1. The second kappa shape index (κ2) is 7.86. The summed E-state index contributed by atoms with van der Waals surface area (Å²) in [6, 6.07) is -0.495. The third kappa shape index (κ3) is 4.35. The summed E-state index contributed by atoms with van der Waals surface area (Å²) in [7, 11) is 0. The minimum Gasteiger partial charge on any atom is -0.368 e. The van der Waals surface area contributed by atoms with Crippen molar-refractivity contribution in [3.8, 4) is 0 Å². The molecular formula is C17H22F7N5. The summed E-state index contributed by atoms with van der Waals surface area (Å²) in [4.78, 5) is 3.80. The number of nitrogens with zero attached hydrogens (tertiary/aromatic N) is 3. The lowest BCUT2D eigenvalue weighted by Crippen LogP contribution is -2.59. The van der Waals surface area contributed by atoms with Gasteiger partial charge >= 0.3 is 18.0 Å². The van der Waals surface area contributed by atoms with E-state index in [1.165, 1.54) is 11.0 Å². The molecule has 1 aliphatic carbocycles. The summed E-state index contributed by atoms with van der Waals surface area (Å²) in [6.45, 7) is 7.23. The van der Waals surface area contributed by atoms with Crippen LogP contribution in [0.3, 0.4) is 0 Å². The molecule has 0 radical (unpaired) electrons. The molecule has 1 aromatic rings. The third-order valence-electron chi connectivity index (χ3n) is 5.24. The van der Waals surface area contributed by atoms with Gasteiger partial charge in [-0.05, 0) is 45.1 Å². The highest BCUT2D eigenvalue weighted by Crippen LogP contribution is 2.54. The normalized spacial score (nSPS) is 22.2. The standard InChI is InChI=1S/C17H22F7N5/c1-9(2)10(3)13(29-14(25)26-8-27-29)28-12-6-4-11(5-7-12)15(18,16(19,20)21)17(22,23)24/h8,11-12,28H,1,4-7H2,2-3H3,(H2,25,26,27)/b13-10-. The van der Waals surface area contributed by atoms with Crippen molar-refractivity contribution in [1.82, 2.24) is 20.1 Å². The first-order valence-corrected chi connectivity index (χ1v) is 8.81. The molecule has 0 spiro atoms. The van der Waals surface area contributed by atoms with Crippen molar-refractivity contribution >= 4 is 11.8 Å². The summed E-state index contributed by atoms with van der Waals surface area (Å²) in [6.07, 6.45) is -12.2. The fourth-order valence-electron chi connectivity index (χ4n) is 3.41. The molecule has 29 heavy (non-hydrogen) atoms. The maximum atomic E-state index is 14.3. The van der Waals surface area contributed by atoms with Gasteiger partial charge in [-0.3, -0.25) is 0 Å². The van der Waals surface area contributed by atoms with E-state index in [1.807, 2.05) is 0 Å². The van der Waals surface area contributed by atoms with Gasteiger partial charge in [0, 0.05) is 12.0 Å². The monoisotopic (exact) mass is 429 g/mol. The maximum absolute atomic E-state index is 14.3. The highest BCUT2D eigenvalue weighted by Gasteiger charge is 2.75. The van der Waals surface area contributed by atoms with Crippen LogP contribution in [0.15, 0.2) is 24.1 Å². The third-order valence-corrected chi connectivity index (χ3v) is 5.24. The second-order valence-corrected chi connectivity index (χ2v) is 7.18. The van der Waals surface area contributed by atoms with Gasteiger partial charge in [0.1, 0.15) is 12.1 Å². The van der Waals surface area contributed by atoms with Crippen molar-refractivity contribution in [1.29, 1.82) is 0 Å². The molecule has 1 heterocycles. The van der Waals surface area contributed by atoms with Crippen LogP contribution < -0.4 is 11.1 Å². The molecule has 1 aromatic heterocycles. The minimum absolute atomic E-state index is 0.0405. The predicted molar refractivity (Wildman–Crippen MR) is 93.0 cm³/mol. The molecule has 0 atom stereocenters. The second-order valence-electron chi connectivity index (χ2n) is 7.18. The molecule has 3 N–H and O–H groups in total. The van der Waals surface area contributed by atoms with Crippen LogP contribution >= 0.6 is 0 Å². The Morgan fingerprint density at radius 2 is 1.59 bits per heavy atom. The van der Waals surface area contributed by atoms with Crippen LogP contribution in [-0.4, -0.2) is 38.8 Å². The Labute approximate surface area is 162 Å². The molecule has 164 valence electrons. The smallest absolute Gasteiger partial charge is 0.368 e. The van der Waals surface area contributed by atoms with Gasteiger partial charge in [0.2, 0.25) is 5.95 Å². The Balaban J connectivity index is 2.21. The minimum atomic E-state index is -6.03. The molecule has 0 aromatic carbocycles. The van der Waals surface area contributed by atoms with Gasteiger partial charge in [0.05, 0.1) is 0 Å². The van der Waals surface area contributed by atoms with Crippen molar-refractivity contribution in [2.24, 2.45) is 5.92 Å². The number of hydrogen-bond acceptors (Lipinski definition) is 4. The molecule has 1 aliphatic rings. The lowest BCUT2D eigenvalue weighted by atomic mass is 9.75. The number of anilines is 1. The van der Waals surface area contributed by atoms with Gasteiger partial charge in [-0.1, -0.05) is 12.2 Å². The van der Waals surface area contributed by atoms with Gasteiger partial charge < -0.3 is 11.1 Å². The van der Waals surface area contributed by atoms with Crippen LogP contribution in [0.4, 0.5) is 36.7 Å². The average molecular weight is 429 g/mol. The van der Waals surface area contributed by atoms with Gasteiger partial charge in [0.25, 0.3) is 0 Å². The van der Waals surface area contributed by atoms with Gasteiger partial charge in [-0.25, -0.2) is 4.39 Å². The lowest BCUT2D eigenvalue weighted by molar-refractivity contribution is -0.360. The van der Waals surface area contributed by atoms with Crippen molar-refractivity contribution < 1.29 is 30.7 Å². The van der Waals surface area contributed by atoms with Crippen LogP contribution in [-0.2, 0) is 0 Å². The molecule has 0 aliphatic heterocycles. The van der Waals surface area contributed by atoms with Crippen molar-refractivity contribution in [3.63, 3.8) is 0 Å². The quantitative estimate of drug-likeness (QED) is 0.530. The van der Waals surface area contributed by atoms with E-state index in [-0.39, 0.29) is 18.8 Å². The number of aromatic nitrogens is 3. The number of alkyl halides is 7. The Morgan fingerprint density at radius 3 is 1.97 bits per heavy atom. The van der Waals surface area contributed by atoms with Crippen molar-refractivity contribution in [3.05, 3.63) is 24.1 Å². The molecule has 0 unspecified atom stereocenters. The van der Waals surface area contributed by atoms with Gasteiger partial charge in [0.15, 0.2) is 0 Å². The van der Waals surface area contributed by atoms with E-state index >= 15 is 0 Å². The molecule has 1 fully saturated rings. The first-order chi connectivity index (χ1) is 13.2. The van der Waals surface area contributed by atoms with E-state index in [1.54, 1.807) is 13.8 Å². The molecule has 2 rings (SSSR count). The molecule has 0 saturated heterocycles. The average Bonchev–Trinajstić information content (AvgIpc) is 3.02. The van der Waals surface area contributed by atoms with Crippen LogP contribution in [0.2, 0.25) is 0 Å². The molecule has 0 bridgehead atoms. The van der Waals surface area contributed by atoms with Crippen LogP contribution in [0, 0.1) is 5.92 Å². The Hall–Kier alpha value is -2.27. The Bertz CT molecular complexity index is 756. The van der Waals surface area contributed by atoms with Gasteiger partial charge in [-0.2, -0.15) is 41.1 Å². The molecule has 1 saturated carbocycles. The largest absolute Gasteiger partial charge is 0.431 e. The van der Waals surface area contributed by atoms with Crippen LogP contribution in [0.1, 0.15) is 39.5 Å². The number of allylic oxidation sites excluding steroid dienone is 2. The summed E-state index contributed by atoms with van der Waals surface area (Å²) < 4.78 is 93.3. The topological polar surface area (TPSA) is 68.8 Å². The van der Waals surface area contributed by atoms with E-state index in [9.17, 15) is 30.7 Å². The van der Waals surface area contributed by atoms with E-state index < -0.39 is 42.8 Å². The van der Waals surface area contributed by atoms with E-state index in [0.29, 0.717) is 17.0 Å². The van der Waals surface area contributed by atoms with E-state index in [2.05, 4.69) is 22.0 Å². The highest BCUT2D eigenvalue weighted by molar-refractivity contribution is 5.56. The predicted octanol–water partition coefficient (Wildman–Crippen LogP) is 4.61. The summed E-state index contributed by atoms with van der Waals surface area (Å²) in [5.41, 5.74) is 1.80. The lowest BCUT2D eigenvalue weighted by Gasteiger charge is -2.40. The summed E-state index contributed by atoms with van der Waals surface area (Å²) >= 11 is 0. The van der Waals surface area contributed by atoms with E-state index in [4.69, 9.17) is 5.73 Å². The maximum Gasteiger partial charge on any atom is 0.431 e. The fourth-order valence-corrected chi connectivity index (χ4v) is 3.41. The highest BCUT2D eigenvalue weighted by atomic mass is 19.4. The Morgan fingerprint density at radius 1 is 1.07 bits per heavy atom. The first kappa shape index (κ1) is 23.0. The van der Waals surface area contributed by atoms with Gasteiger partial charge in [-0.15, -0.1) is 0 Å². The zero-order valence-electron chi connectivity index (χ0n) is 15.8. The first-order valence-electron chi connectivity index (χ1n) is 8.81. The van der Waals surface area contributed by atoms with Crippen molar-refractivity contribution in [2.45, 2.75) is 63.6 Å². The zero-order chi connectivity index (χ0) is 22.2. The molecule has 12 heteroatoms. The molecule has 5 nitrogen and oxygen atoms in total. The number of halogens is 7. The number of hydrogen-bond donors (Lipinski definition) is 2. The molecular weight excluding hydrogens is 407 g/mol. The summed E-state index contributed by atoms with van der Waals surface area (Å²) in [5, 5.41) is 7.01. The van der Waals surface area contributed by atoms with Crippen molar-refractivity contribution in [2.75, 3.05) is 5.73 Å². The number of rotatable bonds is 5. The van der Waals surface area contributed by atoms with E-state index in [0.717, 1.165) is 0 Å². The fraction of sp³-hybridized carbons (Fsp3) is 0.647. The SMILES string of the molecule is C=C(C)/C(C)=C(/NC1CCC(C(F)(C(F)(F)F)C(F)(F)F)CC1)n1ncnc1N. The number of nitrogens with one attached hydrogen (secondary N) is 1. The zero-order valence-corrected chi connectivity index (χ0v) is 15.8. The van der Waals surface area contributed by atoms with Crippen LogP contribution in [0.25, 0.3) is 5.82 Å². The number of nitrogen functional groups attached to an aromatic ring is 1. The summed E-state index contributed by atoms with van der Waals surface area (Å²) in [5.74, 6) is -1.79. The Kier molecular flexibility index (Phi) is 6.24. The van der Waals surface area contributed by atoms with Crippen LogP contribution in [0.5, 0.6) is 0 Å². The molecule has 0 amide bonds.